The summed E-state index contributed by atoms with van der Waals surface area (Å²) in [7, 11) is 0. The number of nitrogens with zero attached hydrogens (tertiary/aromatic N) is 1. The van der Waals surface area contributed by atoms with Gasteiger partial charge in [-0.1, -0.05) is 168 Å². The quantitative estimate of drug-likeness (QED) is 0.126. The Morgan fingerprint density at radius 1 is 0.660 bits per heavy atom. The van der Waals surface area contributed by atoms with Gasteiger partial charge in [0, 0.05) is 33.8 Å². The maximum Gasteiger partial charge on any atom is 0.135 e. The largest absolute Gasteiger partial charge is 0.456 e. The van der Waals surface area contributed by atoms with Crippen molar-refractivity contribution < 1.29 is 4.42 Å². The van der Waals surface area contributed by atoms with E-state index in [1.807, 2.05) is 42.5 Å². The van der Waals surface area contributed by atoms with Crippen LogP contribution in [0.5, 0.6) is 0 Å². The van der Waals surface area contributed by atoms with Gasteiger partial charge in [-0.2, -0.15) is 0 Å². The smallest absolute Gasteiger partial charge is 0.135 e. The van der Waals surface area contributed by atoms with Gasteiger partial charge in [-0.15, -0.1) is 0 Å². The molecule has 1 aliphatic rings. The molecule has 1 heterocycles. The highest BCUT2D eigenvalue weighted by molar-refractivity contribution is 6.06. The zero-order chi connectivity index (χ0) is 37.0. The summed E-state index contributed by atoms with van der Waals surface area (Å²) in [4.78, 5) is 2.24. The Hall–Kier alpha value is -6.64. The summed E-state index contributed by atoms with van der Waals surface area (Å²) in [6.45, 7) is 21.5. The van der Waals surface area contributed by atoms with Gasteiger partial charge in [-0.3, -0.25) is 0 Å². The van der Waals surface area contributed by atoms with Crippen molar-refractivity contribution >= 4 is 56.1 Å². The molecule has 2 nitrogen and oxygen atoms in total. The number of hydrogen-bond acceptors (Lipinski definition) is 2. The third kappa shape index (κ3) is 7.13. The van der Waals surface area contributed by atoms with Crippen molar-refractivity contribution in [2.75, 3.05) is 4.90 Å². The fraction of sp³-hybridized carbons (Fsp3) is 0.0588. The van der Waals surface area contributed by atoms with Crippen LogP contribution in [0.15, 0.2) is 206 Å². The van der Waals surface area contributed by atoms with Gasteiger partial charge in [0.05, 0.1) is 0 Å². The van der Waals surface area contributed by atoms with Crippen molar-refractivity contribution in [2.45, 2.75) is 19.3 Å². The molecule has 7 rings (SSSR count). The molecule has 0 unspecified atom stereocenters. The van der Waals surface area contributed by atoms with Crippen LogP contribution in [-0.2, 0) is 5.41 Å². The average molecular weight is 686 g/mol. The Morgan fingerprint density at radius 2 is 1.32 bits per heavy atom. The molecule has 0 spiro atoms. The van der Waals surface area contributed by atoms with Crippen LogP contribution >= 0.6 is 0 Å². The lowest BCUT2D eigenvalue weighted by atomic mass is 9.81. The monoisotopic (exact) mass is 685 g/mol. The van der Waals surface area contributed by atoms with Crippen molar-refractivity contribution in [2.24, 2.45) is 0 Å². The molecule has 0 N–H and O–H groups in total. The Bertz CT molecular complexity index is 2530. The molecule has 53 heavy (non-hydrogen) atoms. The van der Waals surface area contributed by atoms with Gasteiger partial charge in [0.1, 0.15) is 11.2 Å². The van der Waals surface area contributed by atoms with Crippen LogP contribution in [0.3, 0.4) is 0 Å². The molecule has 5 aromatic carbocycles. The van der Waals surface area contributed by atoms with E-state index in [9.17, 15) is 0 Å². The molecule has 0 bridgehead atoms. The van der Waals surface area contributed by atoms with E-state index in [1.165, 1.54) is 16.7 Å². The molecular weight excluding hydrogens is 643 g/mol. The third-order valence-corrected chi connectivity index (χ3v) is 9.95. The number of rotatable bonds is 11. The topological polar surface area (TPSA) is 16.4 Å². The zero-order valence-electron chi connectivity index (χ0n) is 30.4. The fourth-order valence-electron chi connectivity index (χ4n) is 7.01. The van der Waals surface area contributed by atoms with E-state index in [0.717, 1.165) is 66.7 Å². The first-order chi connectivity index (χ1) is 25.7. The second-order valence-electron chi connectivity index (χ2n) is 13.8. The minimum Gasteiger partial charge on any atom is -0.456 e. The van der Waals surface area contributed by atoms with Crippen LogP contribution in [0.4, 0.5) is 11.4 Å². The van der Waals surface area contributed by atoms with Gasteiger partial charge in [0.15, 0.2) is 0 Å². The van der Waals surface area contributed by atoms with E-state index < -0.39 is 0 Å². The minimum atomic E-state index is -0.294. The first-order valence-corrected chi connectivity index (χ1v) is 17.9. The summed E-state index contributed by atoms with van der Waals surface area (Å²) >= 11 is 0. The number of benzene rings is 5. The van der Waals surface area contributed by atoms with Gasteiger partial charge in [0.2, 0.25) is 0 Å². The summed E-state index contributed by atoms with van der Waals surface area (Å²) in [6, 6.07) is 40.0. The summed E-state index contributed by atoms with van der Waals surface area (Å²) < 4.78 is 6.17. The van der Waals surface area contributed by atoms with Gasteiger partial charge in [0.25, 0.3) is 0 Å². The Morgan fingerprint density at radius 3 is 2.09 bits per heavy atom. The first-order valence-electron chi connectivity index (χ1n) is 17.9. The van der Waals surface area contributed by atoms with Crippen molar-refractivity contribution in [1.82, 2.24) is 0 Å². The maximum atomic E-state index is 6.17. The number of anilines is 2. The molecule has 0 radical (unpaired) electrons. The van der Waals surface area contributed by atoms with Crippen LogP contribution in [0.2, 0.25) is 0 Å². The highest BCUT2D eigenvalue weighted by Crippen LogP contribution is 2.51. The highest BCUT2D eigenvalue weighted by atomic mass is 16.3. The van der Waals surface area contributed by atoms with Crippen LogP contribution in [0, 0.1) is 0 Å². The SMILES string of the molecule is C=C/C=C\C(=C)c1ccc(C(=C)/C=C2\C(=C)c3ccc(N(/C=C/C=C\C=C\c4ccccc4)c4ccc5oc6ccccc6c5c4)cc3C2(C)C)cc1. The molecule has 0 saturated carbocycles. The van der Waals surface area contributed by atoms with E-state index >= 15 is 0 Å². The van der Waals surface area contributed by atoms with E-state index in [1.54, 1.807) is 6.08 Å². The molecule has 6 aromatic rings. The number of hydrogen-bond donors (Lipinski definition) is 0. The van der Waals surface area contributed by atoms with Crippen molar-refractivity contribution in [3.05, 3.63) is 230 Å². The van der Waals surface area contributed by atoms with E-state index in [0.29, 0.717) is 0 Å². The highest BCUT2D eigenvalue weighted by Gasteiger charge is 2.37. The first kappa shape index (κ1) is 34.8. The van der Waals surface area contributed by atoms with E-state index in [2.05, 4.69) is 173 Å². The van der Waals surface area contributed by atoms with Gasteiger partial charge < -0.3 is 9.32 Å². The van der Waals surface area contributed by atoms with E-state index in [-0.39, 0.29) is 5.41 Å². The van der Waals surface area contributed by atoms with Gasteiger partial charge >= 0.3 is 0 Å². The number of allylic oxidation sites excluding steroid dienone is 12. The number of para-hydroxylation sites is 1. The van der Waals surface area contributed by atoms with Crippen LogP contribution in [0.25, 0.3) is 44.7 Å². The Labute approximate surface area is 313 Å². The molecule has 1 aliphatic carbocycles. The van der Waals surface area contributed by atoms with Gasteiger partial charge in [-0.05, 0) is 92.6 Å². The molecule has 0 amide bonds. The minimum absolute atomic E-state index is 0.294. The zero-order valence-corrected chi connectivity index (χ0v) is 30.4. The van der Waals surface area contributed by atoms with Crippen LogP contribution in [0.1, 0.15) is 41.7 Å². The summed E-state index contributed by atoms with van der Waals surface area (Å²) in [5, 5.41) is 2.19. The molecule has 1 aromatic heterocycles. The predicted molar refractivity (Wildman–Crippen MR) is 230 cm³/mol. The molecule has 0 fully saturated rings. The average Bonchev–Trinajstić information content (AvgIpc) is 3.64. The van der Waals surface area contributed by atoms with Crippen molar-refractivity contribution in [1.29, 1.82) is 0 Å². The second-order valence-corrected chi connectivity index (χ2v) is 13.8. The van der Waals surface area contributed by atoms with Gasteiger partial charge in [-0.25, -0.2) is 0 Å². The lowest BCUT2D eigenvalue weighted by Crippen LogP contribution is -2.16. The number of furan rings is 1. The van der Waals surface area contributed by atoms with Crippen LogP contribution < -0.4 is 4.90 Å². The number of fused-ring (bicyclic) bond motifs is 4. The lowest BCUT2D eigenvalue weighted by Gasteiger charge is -2.25. The normalized spacial score (nSPS) is 14.8. The Balaban J connectivity index is 1.22. The standard InChI is InChI=1S/C51H43NO/c1-7-8-18-36(2)40-24-26-41(27-25-40)37(3)33-47-38(4)44-30-28-43(35-48(44)51(47,5)6)52(32-17-10-9-12-19-39-20-13-11-14-21-39)42-29-31-50-46(34-42)45-22-15-16-23-49(45)53-50/h7-35H,1-4H2,5-6H3/b10-9-,18-8-,19-12+,32-17+,47-33+. The molecule has 0 atom stereocenters. The molecule has 2 heteroatoms. The molecule has 0 saturated heterocycles. The summed E-state index contributed by atoms with van der Waals surface area (Å²) in [6.07, 6.45) is 20.3. The van der Waals surface area contributed by atoms with Crippen molar-refractivity contribution in [3.63, 3.8) is 0 Å². The van der Waals surface area contributed by atoms with Crippen molar-refractivity contribution in [3.8, 4) is 0 Å². The fourth-order valence-corrected chi connectivity index (χ4v) is 7.01. The van der Waals surface area contributed by atoms with Crippen LogP contribution in [-0.4, -0.2) is 0 Å². The second kappa shape index (κ2) is 14.9. The van der Waals surface area contributed by atoms with E-state index in [4.69, 9.17) is 4.42 Å². The lowest BCUT2D eigenvalue weighted by molar-refractivity contribution is 0.661. The Kier molecular flexibility index (Phi) is 9.79. The molecule has 0 aliphatic heterocycles. The maximum absolute atomic E-state index is 6.17. The summed E-state index contributed by atoms with van der Waals surface area (Å²) in [5.74, 6) is 0. The molecular formula is C51H43NO. The predicted octanol–water partition coefficient (Wildman–Crippen LogP) is 14.2. The molecule has 258 valence electrons. The third-order valence-electron chi connectivity index (χ3n) is 9.95. The summed E-state index contributed by atoms with van der Waals surface area (Å²) in [5.41, 5.74) is 13.3.